The molecule has 0 saturated carbocycles. The predicted molar refractivity (Wildman–Crippen MR) is 86.7 cm³/mol. The standard InChI is InChI=1S/C18H20N2O2/c1-2-22-13-12-20-16-11-7-6-10-15(16)19-18(20)17(21)14-8-4-3-5-9-14/h3-11,17,21H,2,12-13H2,1H3. The summed E-state index contributed by atoms with van der Waals surface area (Å²) in [7, 11) is 0. The smallest absolute Gasteiger partial charge is 0.143 e. The number of para-hydroxylation sites is 2. The van der Waals surface area contributed by atoms with Gasteiger partial charge in [-0.1, -0.05) is 42.5 Å². The zero-order valence-electron chi connectivity index (χ0n) is 12.6. The van der Waals surface area contributed by atoms with Crippen LogP contribution in [-0.2, 0) is 11.3 Å². The molecule has 0 aliphatic heterocycles. The molecule has 0 aliphatic carbocycles. The molecular weight excluding hydrogens is 276 g/mol. The molecule has 0 radical (unpaired) electrons. The maximum Gasteiger partial charge on any atom is 0.143 e. The number of fused-ring (bicyclic) bond motifs is 1. The van der Waals surface area contributed by atoms with Gasteiger partial charge in [0.1, 0.15) is 11.9 Å². The van der Waals surface area contributed by atoms with E-state index in [-0.39, 0.29) is 0 Å². The van der Waals surface area contributed by atoms with Gasteiger partial charge in [-0.3, -0.25) is 0 Å². The highest BCUT2D eigenvalue weighted by Gasteiger charge is 2.19. The molecule has 22 heavy (non-hydrogen) atoms. The molecular formula is C18H20N2O2. The van der Waals surface area contributed by atoms with Crippen molar-refractivity contribution < 1.29 is 9.84 Å². The minimum absolute atomic E-state index is 0.603. The molecule has 4 nitrogen and oxygen atoms in total. The van der Waals surface area contributed by atoms with E-state index in [1.165, 1.54) is 0 Å². The number of imidazole rings is 1. The monoisotopic (exact) mass is 296 g/mol. The van der Waals surface area contributed by atoms with Crippen LogP contribution >= 0.6 is 0 Å². The summed E-state index contributed by atoms with van der Waals surface area (Å²) < 4.78 is 7.51. The number of hydrogen-bond acceptors (Lipinski definition) is 3. The molecule has 114 valence electrons. The first kappa shape index (κ1) is 14.8. The third-order valence-electron chi connectivity index (χ3n) is 3.71. The third-order valence-corrected chi connectivity index (χ3v) is 3.71. The van der Waals surface area contributed by atoms with Crippen molar-refractivity contribution in [1.29, 1.82) is 0 Å². The van der Waals surface area contributed by atoms with Gasteiger partial charge in [-0.15, -0.1) is 0 Å². The number of aromatic nitrogens is 2. The fraction of sp³-hybridized carbons (Fsp3) is 0.278. The highest BCUT2D eigenvalue weighted by Crippen LogP contribution is 2.25. The molecule has 1 atom stereocenters. The Morgan fingerprint density at radius 1 is 1.09 bits per heavy atom. The van der Waals surface area contributed by atoms with Crippen LogP contribution < -0.4 is 0 Å². The van der Waals surface area contributed by atoms with Gasteiger partial charge < -0.3 is 14.4 Å². The fourth-order valence-corrected chi connectivity index (χ4v) is 2.62. The second kappa shape index (κ2) is 6.73. The maximum absolute atomic E-state index is 10.7. The molecule has 1 unspecified atom stereocenters. The molecule has 1 N–H and O–H groups in total. The SMILES string of the molecule is CCOCCn1c(C(O)c2ccccc2)nc2ccccc21. The Morgan fingerprint density at radius 2 is 1.82 bits per heavy atom. The summed E-state index contributed by atoms with van der Waals surface area (Å²) in [5.41, 5.74) is 2.76. The second-order valence-corrected chi connectivity index (χ2v) is 5.12. The third kappa shape index (κ3) is 2.89. The Hall–Kier alpha value is -2.17. The molecule has 0 amide bonds. The number of aliphatic hydroxyl groups is 1. The molecule has 4 heteroatoms. The zero-order chi connectivity index (χ0) is 15.4. The summed E-state index contributed by atoms with van der Waals surface area (Å²) in [4.78, 5) is 4.63. The fourth-order valence-electron chi connectivity index (χ4n) is 2.62. The van der Waals surface area contributed by atoms with Gasteiger partial charge in [0, 0.05) is 13.2 Å². The molecule has 3 rings (SSSR count). The number of rotatable bonds is 6. The van der Waals surface area contributed by atoms with Crippen LogP contribution in [0.5, 0.6) is 0 Å². The van der Waals surface area contributed by atoms with E-state index in [4.69, 9.17) is 4.74 Å². The van der Waals surface area contributed by atoms with Crippen molar-refractivity contribution in [1.82, 2.24) is 9.55 Å². The zero-order valence-corrected chi connectivity index (χ0v) is 12.6. The lowest BCUT2D eigenvalue weighted by Gasteiger charge is -2.14. The molecule has 1 aromatic heterocycles. The first-order chi connectivity index (χ1) is 10.8. The lowest BCUT2D eigenvalue weighted by atomic mass is 10.1. The lowest BCUT2D eigenvalue weighted by molar-refractivity contribution is 0.135. The van der Waals surface area contributed by atoms with Crippen LogP contribution in [0.25, 0.3) is 11.0 Å². The first-order valence-electron chi connectivity index (χ1n) is 7.57. The van der Waals surface area contributed by atoms with Crippen LogP contribution in [0.2, 0.25) is 0 Å². The average molecular weight is 296 g/mol. The van der Waals surface area contributed by atoms with Crippen molar-refractivity contribution >= 4 is 11.0 Å². The molecule has 0 saturated heterocycles. The van der Waals surface area contributed by atoms with Gasteiger partial charge in [0.25, 0.3) is 0 Å². The average Bonchev–Trinajstić information content (AvgIpc) is 2.94. The van der Waals surface area contributed by atoms with Gasteiger partial charge >= 0.3 is 0 Å². The summed E-state index contributed by atoms with van der Waals surface area (Å²) >= 11 is 0. The van der Waals surface area contributed by atoms with E-state index in [0.717, 1.165) is 16.6 Å². The number of aliphatic hydroxyl groups excluding tert-OH is 1. The lowest BCUT2D eigenvalue weighted by Crippen LogP contribution is -2.13. The molecule has 1 heterocycles. The van der Waals surface area contributed by atoms with Crippen molar-refractivity contribution in [3.05, 3.63) is 66.0 Å². The van der Waals surface area contributed by atoms with E-state index >= 15 is 0 Å². The number of ether oxygens (including phenoxy) is 1. The van der Waals surface area contributed by atoms with Gasteiger partial charge in [0.2, 0.25) is 0 Å². The number of hydrogen-bond donors (Lipinski definition) is 1. The molecule has 0 aliphatic rings. The Bertz CT molecular complexity index is 737. The summed E-state index contributed by atoms with van der Waals surface area (Å²) in [5, 5.41) is 10.7. The van der Waals surface area contributed by atoms with Gasteiger partial charge in [0.05, 0.1) is 17.6 Å². The van der Waals surface area contributed by atoms with Gasteiger partial charge in [-0.25, -0.2) is 4.98 Å². The second-order valence-electron chi connectivity index (χ2n) is 5.12. The van der Waals surface area contributed by atoms with Crippen molar-refractivity contribution in [2.24, 2.45) is 0 Å². The summed E-state index contributed by atoms with van der Waals surface area (Å²) in [6.45, 7) is 3.94. The van der Waals surface area contributed by atoms with E-state index in [1.54, 1.807) is 0 Å². The van der Waals surface area contributed by atoms with E-state index in [9.17, 15) is 5.11 Å². The first-order valence-corrected chi connectivity index (χ1v) is 7.57. The topological polar surface area (TPSA) is 47.3 Å². The maximum atomic E-state index is 10.7. The van der Waals surface area contributed by atoms with Crippen molar-refractivity contribution in [2.75, 3.05) is 13.2 Å². The molecule has 0 spiro atoms. The van der Waals surface area contributed by atoms with E-state index in [0.29, 0.717) is 25.6 Å². The van der Waals surface area contributed by atoms with Crippen LogP contribution in [0.15, 0.2) is 54.6 Å². The summed E-state index contributed by atoms with van der Waals surface area (Å²) in [5.74, 6) is 0.659. The Balaban J connectivity index is 2.02. The summed E-state index contributed by atoms with van der Waals surface area (Å²) in [6.07, 6.45) is -0.741. The van der Waals surface area contributed by atoms with Crippen LogP contribution in [-0.4, -0.2) is 27.9 Å². The Labute approximate surface area is 130 Å². The minimum Gasteiger partial charge on any atom is -0.380 e. The van der Waals surface area contributed by atoms with E-state index in [1.807, 2.05) is 66.1 Å². The molecule has 2 aromatic carbocycles. The van der Waals surface area contributed by atoms with Crippen molar-refractivity contribution in [3.63, 3.8) is 0 Å². The number of nitrogens with zero attached hydrogens (tertiary/aromatic N) is 2. The molecule has 3 aromatic rings. The highest BCUT2D eigenvalue weighted by atomic mass is 16.5. The number of benzene rings is 2. The molecule has 0 bridgehead atoms. The van der Waals surface area contributed by atoms with Crippen LogP contribution in [0.3, 0.4) is 0 Å². The van der Waals surface area contributed by atoms with Crippen molar-refractivity contribution in [3.8, 4) is 0 Å². The largest absolute Gasteiger partial charge is 0.380 e. The normalized spacial score (nSPS) is 12.6. The van der Waals surface area contributed by atoms with Crippen LogP contribution in [0.4, 0.5) is 0 Å². The van der Waals surface area contributed by atoms with Gasteiger partial charge in [0.15, 0.2) is 0 Å². The highest BCUT2D eigenvalue weighted by molar-refractivity contribution is 5.76. The van der Waals surface area contributed by atoms with Crippen LogP contribution in [0, 0.1) is 0 Å². The quantitative estimate of drug-likeness (QED) is 0.711. The predicted octanol–water partition coefficient (Wildman–Crippen LogP) is 3.15. The summed E-state index contributed by atoms with van der Waals surface area (Å²) in [6, 6.07) is 17.5. The van der Waals surface area contributed by atoms with Gasteiger partial charge in [-0.05, 0) is 24.6 Å². The van der Waals surface area contributed by atoms with E-state index < -0.39 is 6.10 Å². The minimum atomic E-state index is -0.741. The Kier molecular flexibility index (Phi) is 4.51. The van der Waals surface area contributed by atoms with Gasteiger partial charge in [-0.2, -0.15) is 0 Å². The molecule has 0 fully saturated rings. The van der Waals surface area contributed by atoms with E-state index in [2.05, 4.69) is 4.98 Å². The van der Waals surface area contributed by atoms with Crippen molar-refractivity contribution in [2.45, 2.75) is 19.6 Å². The van der Waals surface area contributed by atoms with Crippen LogP contribution in [0.1, 0.15) is 24.4 Å². The Morgan fingerprint density at radius 3 is 2.59 bits per heavy atom.